The van der Waals surface area contributed by atoms with E-state index in [0.717, 1.165) is 32.5 Å². The number of nitrogens with zero attached hydrogens (tertiary/aromatic N) is 1. The van der Waals surface area contributed by atoms with Gasteiger partial charge in [0.15, 0.2) is 11.5 Å². The quantitative estimate of drug-likeness (QED) is 0.717. The van der Waals surface area contributed by atoms with Crippen LogP contribution in [0, 0.1) is 11.8 Å². The highest BCUT2D eigenvalue weighted by Crippen LogP contribution is 2.33. The number of Topliss-reactive ketones (excluding diaryl/α,β-unsaturated/α-hetero) is 1. The van der Waals surface area contributed by atoms with Gasteiger partial charge in [-0.25, -0.2) is 0 Å². The van der Waals surface area contributed by atoms with Crippen molar-refractivity contribution >= 4 is 5.78 Å². The smallest absolute Gasteiger partial charge is 0.197 e. The van der Waals surface area contributed by atoms with E-state index in [2.05, 4.69) is 30.1 Å². The Balaban J connectivity index is 1.94. The number of ether oxygens (including phenoxy) is 1. The fourth-order valence-corrected chi connectivity index (χ4v) is 2.98. The summed E-state index contributed by atoms with van der Waals surface area (Å²) in [5.41, 5.74) is 0. The van der Waals surface area contributed by atoms with Gasteiger partial charge in [-0.3, -0.25) is 4.79 Å². The van der Waals surface area contributed by atoms with Gasteiger partial charge in [0.05, 0.1) is 7.11 Å². The molecule has 0 bridgehead atoms. The van der Waals surface area contributed by atoms with Gasteiger partial charge >= 0.3 is 0 Å². The molecule has 0 aromatic heterocycles. The molecule has 0 aromatic rings. The van der Waals surface area contributed by atoms with E-state index in [1.807, 2.05) is 0 Å². The van der Waals surface area contributed by atoms with Crippen LogP contribution < -0.4 is 0 Å². The lowest BCUT2D eigenvalue weighted by molar-refractivity contribution is -0.121. The summed E-state index contributed by atoms with van der Waals surface area (Å²) in [6, 6.07) is 0. The zero-order valence-electron chi connectivity index (χ0n) is 11.4. The zero-order chi connectivity index (χ0) is 13.0. The molecule has 2 unspecified atom stereocenters. The van der Waals surface area contributed by atoms with Crippen LogP contribution in [0.5, 0.6) is 0 Å². The van der Waals surface area contributed by atoms with Gasteiger partial charge in [-0.05, 0) is 44.2 Å². The molecule has 0 radical (unpaired) electrons. The summed E-state index contributed by atoms with van der Waals surface area (Å²) < 4.78 is 5.17. The first kappa shape index (κ1) is 13.3. The molecule has 3 nitrogen and oxygen atoms in total. The second-order valence-corrected chi connectivity index (χ2v) is 5.23. The number of hydrogen-bond donors (Lipinski definition) is 0. The second-order valence-electron chi connectivity index (χ2n) is 5.23. The van der Waals surface area contributed by atoms with Crippen LogP contribution in [0.1, 0.15) is 26.2 Å². The van der Waals surface area contributed by atoms with E-state index >= 15 is 0 Å². The minimum Gasteiger partial charge on any atom is -0.493 e. The first-order chi connectivity index (χ1) is 8.74. The minimum absolute atomic E-state index is 0.182. The molecule has 18 heavy (non-hydrogen) atoms. The lowest BCUT2D eigenvalue weighted by Crippen LogP contribution is -2.42. The predicted octanol–water partition coefficient (Wildman–Crippen LogP) is 2.39. The Morgan fingerprint density at radius 2 is 2.39 bits per heavy atom. The molecule has 2 aliphatic rings. The molecule has 100 valence electrons. The Morgan fingerprint density at radius 1 is 1.56 bits per heavy atom. The Morgan fingerprint density at radius 3 is 3.11 bits per heavy atom. The standard InChI is InChI=1S/C15H23NO2/c1-3-4-5-7-16-8-6-12-9-14(17)15(18-2)10-13(12)11-16/h3-4,10,12-13H,5-9,11H2,1-2H3. The fourth-order valence-electron chi connectivity index (χ4n) is 2.98. The molecule has 2 rings (SSSR count). The van der Waals surface area contributed by atoms with Gasteiger partial charge in [-0.1, -0.05) is 12.2 Å². The first-order valence-electron chi connectivity index (χ1n) is 6.87. The molecule has 3 heteroatoms. The maximum atomic E-state index is 11.8. The highest BCUT2D eigenvalue weighted by atomic mass is 16.5. The molecular weight excluding hydrogens is 226 g/mol. The van der Waals surface area contributed by atoms with Crippen molar-refractivity contribution in [3.63, 3.8) is 0 Å². The number of carbonyl (C=O) groups is 1. The van der Waals surface area contributed by atoms with E-state index in [-0.39, 0.29) is 5.78 Å². The highest BCUT2D eigenvalue weighted by molar-refractivity contribution is 5.94. The predicted molar refractivity (Wildman–Crippen MR) is 72.2 cm³/mol. The van der Waals surface area contributed by atoms with Crippen LogP contribution in [-0.4, -0.2) is 37.4 Å². The van der Waals surface area contributed by atoms with Crippen LogP contribution in [0.2, 0.25) is 0 Å². The lowest BCUT2D eigenvalue weighted by atomic mass is 9.78. The maximum absolute atomic E-state index is 11.8. The molecule has 1 fully saturated rings. The molecule has 0 amide bonds. The Bertz CT molecular complexity index is 360. The van der Waals surface area contributed by atoms with Crippen molar-refractivity contribution in [1.82, 2.24) is 4.90 Å². The minimum atomic E-state index is 0.182. The monoisotopic (exact) mass is 249 g/mol. The normalized spacial score (nSPS) is 29.2. The Kier molecular flexibility index (Phi) is 4.59. The molecule has 1 aliphatic heterocycles. The van der Waals surface area contributed by atoms with Gasteiger partial charge in [0.25, 0.3) is 0 Å². The van der Waals surface area contributed by atoms with E-state index in [9.17, 15) is 4.79 Å². The van der Waals surface area contributed by atoms with Crippen molar-refractivity contribution in [3.05, 3.63) is 24.0 Å². The molecule has 0 N–H and O–H groups in total. The van der Waals surface area contributed by atoms with E-state index < -0.39 is 0 Å². The van der Waals surface area contributed by atoms with Crippen molar-refractivity contribution < 1.29 is 9.53 Å². The van der Waals surface area contributed by atoms with Crippen LogP contribution >= 0.6 is 0 Å². The van der Waals surface area contributed by atoms with E-state index in [4.69, 9.17) is 4.74 Å². The number of likely N-dealkylation sites (tertiary alicyclic amines) is 1. The molecule has 0 aromatic carbocycles. The summed E-state index contributed by atoms with van der Waals surface area (Å²) >= 11 is 0. The van der Waals surface area contributed by atoms with Crippen LogP contribution in [-0.2, 0) is 9.53 Å². The molecule has 0 spiro atoms. The number of methoxy groups -OCH3 is 1. The van der Waals surface area contributed by atoms with Crippen LogP contribution in [0.15, 0.2) is 24.0 Å². The van der Waals surface area contributed by atoms with Gasteiger partial charge in [0.1, 0.15) is 0 Å². The number of ketones is 1. The van der Waals surface area contributed by atoms with Gasteiger partial charge in [-0.2, -0.15) is 0 Å². The number of carbonyl (C=O) groups excluding carboxylic acids is 1. The van der Waals surface area contributed by atoms with Crippen molar-refractivity contribution in [2.24, 2.45) is 11.8 Å². The zero-order valence-corrected chi connectivity index (χ0v) is 11.4. The van der Waals surface area contributed by atoms with Crippen molar-refractivity contribution in [1.29, 1.82) is 0 Å². The third-order valence-corrected chi connectivity index (χ3v) is 4.05. The lowest BCUT2D eigenvalue weighted by Gasteiger charge is -2.39. The van der Waals surface area contributed by atoms with Gasteiger partial charge in [0.2, 0.25) is 0 Å². The highest BCUT2D eigenvalue weighted by Gasteiger charge is 2.34. The average Bonchev–Trinajstić information content (AvgIpc) is 2.38. The van der Waals surface area contributed by atoms with Crippen LogP contribution in [0.3, 0.4) is 0 Å². The van der Waals surface area contributed by atoms with Gasteiger partial charge < -0.3 is 9.64 Å². The summed E-state index contributed by atoms with van der Waals surface area (Å²) in [5.74, 6) is 1.79. The molecule has 2 atom stereocenters. The summed E-state index contributed by atoms with van der Waals surface area (Å²) in [7, 11) is 1.59. The maximum Gasteiger partial charge on any atom is 0.197 e. The topological polar surface area (TPSA) is 29.5 Å². The summed E-state index contributed by atoms with van der Waals surface area (Å²) in [6.07, 6.45) is 9.31. The third kappa shape index (κ3) is 3.02. The SMILES string of the molecule is CC=CCCN1CCC2CC(=O)C(OC)=CC2C1. The fraction of sp³-hybridized carbons (Fsp3) is 0.667. The van der Waals surface area contributed by atoms with E-state index in [1.54, 1.807) is 7.11 Å². The van der Waals surface area contributed by atoms with Gasteiger partial charge in [-0.15, -0.1) is 0 Å². The number of rotatable bonds is 4. The van der Waals surface area contributed by atoms with Crippen molar-refractivity contribution in [3.8, 4) is 0 Å². The van der Waals surface area contributed by atoms with E-state index in [0.29, 0.717) is 24.0 Å². The molecular formula is C15H23NO2. The molecule has 1 heterocycles. The molecule has 1 saturated heterocycles. The molecule has 1 aliphatic carbocycles. The van der Waals surface area contributed by atoms with Crippen LogP contribution in [0.25, 0.3) is 0 Å². The number of fused-ring (bicyclic) bond motifs is 1. The first-order valence-corrected chi connectivity index (χ1v) is 6.87. The average molecular weight is 249 g/mol. The Labute approximate surface area is 109 Å². The van der Waals surface area contributed by atoms with Gasteiger partial charge in [0, 0.05) is 19.5 Å². The van der Waals surface area contributed by atoms with Crippen molar-refractivity contribution in [2.45, 2.75) is 26.2 Å². The third-order valence-electron chi connectivity index (χ3n) is 4.05. The summed E-state index contributed by atoms with van der Waals surface area (Å²) in [5, 5.41) is 0. The number of piperidine rings is 1. The van der Waals surface area contributed by atoms with Crippen LogP contribution in [0.4, 0.5) is 0 Å². The Hall–Kier alpha value is -1.09. The summed E-state index contributed by atoms with van der Waals surface area (Å²) in [6.45, 7) is 5.38. The summed E-state index contributed by atoms with van der Waals surface area (Å²) in [4.78, 5) is 14.3. The largest absolute Gasteiger partial charge is 0.493 e. The number of hydrogen-bond acceptors (Lipinski definition) is 3. The number of allylic oxidation sites excluding steroid dienone is 2. The van der Waals surface area contributed by atoms with E-state index in [1.165, 1.54) is 0 Å². The molecule has 0 saturated carbocycles. The second kappa shape index (κ2) is 6.19. The van der Waals surface area contributed by atoms with Crippen molar-refractivity contribution in [2.75, 3.05) is 26.7 Å².